The second-order valence-corrected chi connectivity index (χ2v) is 4.07. The van der Waals surface area contributed by atoms with Crippen LogP contribution in [0.25, 0.3) is 0 Å². The second kappa shape index (κ2) is 3.91. The zero-order chi connectivity index (χ0) is 10.1. The summed E-state index contributed by atoms with van der Waals surface area (Å²) in [6.07, 6.45) is 3.92. The molecule has 1 fully saturated rings. The van der Waals surface area contributed by atoms with E-state index in [9.17, 15) is 0 Å². The largest absolute Gasteiger partial charge is 0.356 e. The van der Waals surface area contributed by atoms with Crippen molar-refractivity contribution >= 4 is 29.0 Å². The lowest BCUT2D eigenvalue weighted by molar-refractivity contribution is 0.875. The van der Waals surface area contributed by atoms with Crippen LogP contribution in [0.4, 0.5) is 5.82 Å². The number of rotatable bonds is 3. The molecule has 1 aromatic heterocycles. The maximum atomic E-state index is 5.94. The summed E-state index contributed by atoms with van der Waals surface area (Å²) in [4.78, 5) is 10.3. The van der Waals surface area contributed by atoms with Gasteiger partial charge in [0.1, 0.15) is 17.3 Å². The third kappa shape index (κ3) is 1.79. The van der Waals surface area contributed by atoms with Crippen LogP contribution in [-0.2, 0) is 5.88 Å². The highest BCUT2D eigenvalue weighted by Crippen LogP contribution is 2.32. The first-order valence-corrected chi connectivity index (χ1v) is 5.43. The molecular formula is C9H11Cl2N3. The molecule has 2 rings (SSSR count). The predicted octanol–water partition coefficient (Wildman–Crippen LogP) is 2.47. The highest BCUT2D eigenvalue weighted by atomic mass is 35.5. The van der Waals surface area contributed by atoms with Gasteiger partial charge in [0.05, 0.1) is 5.88 Å². The number of nitrogens with zero attached hydrogens (tertiary/aromatic N) is 3. The predicted molar refractivity (Wildman–Crippen MR) is 58.0 cm³/mol. The molecule has 1 saturated carbocycles. The molecule has 0 atom stereocenters. The molecule has 0 unspecified atom stereocenters. The SMILES string of the molecule is CN(c1ncnc(Cl)c1CCl)C1CC1. The number of hydrogen-bond acceptors (Lipinski definition) is 3. The molecule has 0 spiro atoms. The van der Waals surface area contributed by atoms with Gasteiger partial charge in [-0.1, -0.05) is 11.6 Å². The molecule has 1 aliphatic carbocycles. The molecule has 14 heavy (non-hydrogen) atoms. The summed E-state index contributed by atoms with van der Waals surface area (Å²) < 4.78 is 0. The Labute approximate surface area is 93.1 Å². The molecular weight excluding hydrogens is 221 g/mol. The highest BCUT2D eigenvalue weighted by Gasteiger charge is 2.28. The summed E-state index contributed by atoms with van der Waals surface area (Å²) in [6.45, 7) is 0. The molecule has 1 aliphatic rings. The van der Waals surface area contributed by atoms with Gasteiger partial charge in [-0.2, -0.15) is 0 Å². The van der Waals surface area contributed by atoms with Crippen molar-refractivity contribution < 1.29 is 0 Å². The topological polar surface area (TPSA) is 29.0 Å². The molecule has 0 amide bonds. The second-order valence-electron chi connectivity index (χ2n) is 3.44. The van der Waals surface area contributed by atoms with Crippen molar-refractivity contribution in [3.05, 3.63) is 17.0 Å². The Morgan fingerprint density at radius 1 is 1.50 bits per heavy atom. The standard InChI is InChI=1S/C9H11Cl2N3/c1-14(6-2-3-6)9-7(4-10)8(11)12-5-13-9/h5-6H,2-4H2,1H3. The third-order valence-corrected chi connectivity index (χ3v) is 3.03. The van der Waals surface area contributed by atoms with Crippen molar-refractivity contribution in [1.82, 2.24) is 9.97 Å². The van der Waals surface area contributed by atoms with Crippen molar-refractivity contribution in [2.24, 2.45) is 0 Å². The fraction of sp³-hybridized carbons (Fsp3) is 0.556. The summed E-state index contributed by atoms with van der Waals surface area (Å²) in [5.74, 6) is 1.22. The van der Waals surface area contributed by atoms with E-state index in [1.165, 1.54) is 19.2 Å². The van der Waals surface area contributed by atoms with Gasteiger partial charge >= 0.3 is 0 Å². The highest BCUT2D eigenvalue weighted by molar-refractivity contribution is 6.31. The monoisotopic (exact) mass is 231 g/mol. The number of anilines is 1. The molecule has 0 aliphatic heterocycles. The average molecular weight is 232 g/mol. The Bertz CT molecular complexity index is 339. The first-order valence-electron chi connectivity index (χ1n) is 4.52. The van der Waals surface area contributed by atoms with Crippen LogP contribution in [0.1, 0.15) is 18.4 Å². The van der Waals surface area contributed by atoms with E-state index in [1.54, 1.807) is 0 Å². The molecule has 1 heterocycles. The Hall–Kier alpha value is -0.540. The molecule has 0 bridgehead atoms. The number of alkyl halides is 1. The fourth-order valence-corrected chi connectivity index (χ4v) is 1.95. The molecule has 76 valence electrons. The zero-order valence-corrected chi connectivity index (χ0v) is 9.39. The minimum absolute atomic E-state index is 0.353. The molecule has 0 N–H and O–H groups in total. The Morgan fingerprint density at radius 2 is 2.21 bits per heavy atom. The third-order valence-electron chi connectivity index (χ3n) is 2.43. The van der Waals surface area contributed by atoms with Crippen LogP contribution in [0.3, 0.4) is 0 Å². The van der Waals surface area contributed by atoms with Crippen LogP contribution in [0.2, 0.25) is 5.15 Å². The van der Waals surface area contributed by atoms with E-state index in [1.807, 2.05) is 7.05 Å². The molecule has 0 saturated heterocycles. The first kappa shape index (κ1) is 9.99. The molecule has 3 nitrogen and oxygen atoms in total. The van der Waals surface area contributed by atoms with Crippen LogP contribution in [0.15, 0.2) is 6.33 Å². The summed E-state index contributed by atoms with van der Waals surface area (Å²) in [7, 11) is 2.02. The minimum atomic E-state index is 0.353. The first-order chi connectivity index (χ1) is 6.74. The number of hydrogen-bond donors (Lipinski definition) is 0. The van der Waals surface area contributed by atoms with Gasteiger partial charge in [-0.25, -0.2) is 9.97 Å². The van der Waals surface area contributed by atoms with Gasteiger partial charge in [0.2, 0.25) is 0 Å². The van der Waals surface area contributed by atoms with Gasteiger partial charge in [0, 0.05) is 18.7 Å². The van der Waals surface area contributed by atoms with Crippen molar-refractivity contribution in [3.63, 3.8) is 0 Å². The lowest BCUT2D eigenvalue weighted by Gasteiger charge is -2.19. The average Bonchev–Trinajstić information content (AvgIpc) is 2.99. The van der Waals surface area contributed by atoms with Crippen LogP contribution in [0, 0.1) is 0 Å². The van der Waals surface area contributed by atoms with E-state index in [4.69, 9.17) is 23.2 Å². The molecule has 0 radical (unpaired) electrons. The van der Waals surface area contributed by atoms with E-state index in [0.29, 0.717) is 17.1 Å². The van der Waals surface area contributed by atoms with Crippen LogP contribution in [-0.4, -0.2) is 23.1 Å². The van der Waals surface area contributed by atoms with Gasteiger partial charge in [-0.3, -0.25) is 0 Å². The molecule has 5 heteroatoms. The van der Waals surface area contributed by atoms with Crippen molar-refractivity contribution in [3.8, 4) is 0 Å². The summed E-state index contributed by atoms with van der Waals surface area (Å²) in [5, 5.41) is 0.456. The summed E-state index contributed by atoms with van der Waals surface area (Å²) >= 11 is 11.8. The minimum Gasteiger partial charge on any atom is -0.356 e. The van der Waals surface area contributed by atoms with Crippen molar-refractivity contribution in [2.75, 3.05) is 11.9 Å². The van der Waals surface area contributed by atoms with Crippen molar-refractivity contribution in [2.45, 2.75) is 24.8 Å². The van der Waals surface area contributed by atoms with E-state index in [2.05, 4.69) is 14.9 Å². The van der Waals surface area contributed by atoms with E-state index >= 15 is 0 Å². The van der Waals surface area contributed by atoms with E-state index < -0.39 is 0 Å². The summed E-state index contributed by atoms with van der Waals surface area (Å²) in [5.41, 5.74) is 0.824. The fourth-order valence-electron chi connectivity index (χ4n) is 1.44. The van der Waals surface area contributed by atoms with Crippen LogP contribution >= 0.6 is 23.2 Å². The van der Waals surface area contributed by atoms with Crippen molar-refractivity contribution in [1.29, 1.82) is 0 Å². The lowest BCUT2D eigenvalue weighted by Crippen LogP contribution is -2.22. The van der Waals surface area contributed by atoms with Crippen LogP contribution < -0.4 is 4.90 Å². The van der Waals surface area contributed by atoms with Gasteiger partial charge < -0.3 is 4.90 Å². The Kier molecular flexibility index (Phi) is 2.79. The van der Waals surface area contributed by atoms with Gasteiger partial charge in [-0.05, 0) is 12.8 Å². The Balaban J connectivity index is 2.35. The summed E-state index contributed by atoms with van der Waals surface area (Å²) in [6, 6.07) is 0.600. The molecule has 1 aromatic rings. The molecule has 0 aromatic carbocycles. The smallest absolute Gasteiger partial charge is 0.138 e. The van der Waals surface area contributed by atoms with Gasteiger partial charge in [0.25, 0.3) is 0 Å². The number of aromatic nitrogens is 2. The van der Waals surface area contributed by atoms with E-state index in [0.717, 1.165) is 11.4 Å². The normalized spacial score (nSPS) is 15.6. The van der Waals surface area contributed by atoms with E-state index in [-0.39, 0.29) is 0 Å². The lowest BCUT2D eigenvalue weighted by atomic mass is 10.3. The maximum Gasteiger partial charge on any atom is 0.138 e. The zero-order valence-electron chi connectivity index (χ0n) is 7.87. The quantitative estimate of drug-likeness (QED) is 0.592. The maximum absolute atomic E-state index is 5.94. The number of halogens is 2. The van der Waals surface area contributed by atoms with Gasteiger partial charge in [-0.15, -0.1) is 11.6 Å². The Morgan fingerprint density at radius 3 is 2.79 bits per heavy atom. The van der Waals surface area contributed by atoms with Gasteiger partial charge in [0.15, 0.2) is 0 Å². The van der Waals surface area contributed by atoms with Crippen LogP contribution in [0.5, 0.6) is 0 Å².